The standard InChI is InChI=1S/C12H8BrN5O2/c13-8-2-1-7(6-14)9(5-8)16-11-4-3-10(18(19)20)12(15)17-11/h1-5H,(H3,15,16,17). The lowest BCUT2D eigenvalue weighted by Gasteiger charge is -2.08. The summed E-state index contributed by atoms with van der Waals surface area (Å²) in [6.45, 7) is 0. The van der Waals surface area contributed by atoms with Gasteiger partial charge in [0.05, 0.1) is 16.2 Å². The van der Waals surface area contributed by atoms with Gasteiger partial charge in [0.25, 0.3) is 0 Å². The summed E-state index contributed by atoms with van der Waals surface area (Å²) >= 11 is 3.30. The van der Waals surface area contributed by atoms with Gasteiger partial charge in [-0.05, 0) is 24.3 Å². The van der Waals surface area contributed by atoms with E-state index < -0.39 is 4.92 Å². The zero-order valence-electron chi connectivity index (χ0n) is 10.0. The molecule has 2 rings (SSSR count). The van der Waals surface area contributed by atoms with E-state index in [9.17, 15) is 10.1 Å². The third-order valence-corrected chi connectivity index (χ3v) is 2.96. The summed E-state index contributed by atoms with van der Waals surface area (Å²) in [6, 6.07) is 9.81. The molecule has 8 heteroatoms. The highest BCUT2D eigenvalue weighted by molar-refractivity contribution is 9.10. The van der Waals surface area contributed by atoms with Gasteiger partial charge in [0, 0.05) is 10.5 Å². The second-order valence-electron chi connectivity index (χ2n) is 3.78. The van der Waals surface area contributed by atoms with Crippen LogP contribution in [0.15, 0.2) is 34.8 Å². The van der Waals surface area contributed by atoms with Crippen molar-refractivity contribution < 1.29 is 4.92 Å². The fourth-order valence-electron chi connectivity index (χ4n) is 1.55. The van der Waals surface area contributed by atoms with Crippen LogP contribution in [0.2, 0.25) is 0 Å². The molecule has 0 amide bonds. The van der Waals surface area contributed by atoms with E-state index in [0.29, 0.717) is 17.1 Å². The summed E-state index contributed by atoms with van der Waals surface area (Å²) in [7, 11) is 0. The third kappa shape index (κ3) is 2.84. The van der Waals surface area contributed by atoms with Gasteiger partial charge in [0.15, 0.2) is 0 Å². The molecule has 0 aliphatic rings. The number of benzene rings is 1. The SMILES string of the molecule is N#Cc1ccc(Br)cc1Nc1ccc([N+](=O)[O-])c(N)n1. The van der Waals surface area contributed by atoms with Crippen LogP contribution in [0, 0.1) is 21.4 Å². The maximum absolute atomic E-state index is 10.7. The van der Waals surface area contributed by atoms with Crippen molar-refractivity contribution in [1.82, 2.24) is 4.98 Å². The van der Waals surface area contributed by atoms with Gasteiger partial charge in [0.1, 0.15) is 11.9 Å². The van der Waals surface area contributed by atoms with E-state index in [2.05, 4.69) is 26.2 Å². The van der Waals surface area contributed by atoms with Crippen LogP contribution < -0.4 is 11.1 Å². The number of hydrogen-bond acceptors (Lipinski definition) is 6. The van der Waals surface area contributed by atoms with E-state index in [-0.39, 0.29) is 11.5 Å². The number of nitrogens with two attached hydrogens (primary N) is 1. The average molecular weight is 334 g/mol. The van der Waals surface area contributed by atoms with E-state index in [1.807, 2.05) is 6.07 Å². The average Bonchev–Trinajstić information content (AvgIpc) is 2.38. The summed E-state index contributed by atoms with van der Waals surface area (Å²) in [5, 5.41) is 22.6. The van der Waals surface area contributed by atoms with Gasteiger partial charge >= 0.3 is 5.69 Å². The maximum Gasteiger partial charge on any atom is 0.311 e. The number of nitriles is 1. The number of nitrogen functional groups attached to an aromatic ring is 1. The van der Waals surface area contributed by atoms with Crippen LogP contribution in [0.3, 0.4) is 0 Å². The number of nitrogens with one attached hydrogen (secondary N) is 1. The maximum atomic E-state index is 10.7. The first-order chi connectivity index (χ1) is 9.51. The molecule has 0 atom stereocenters. The lowest BCUT2D eigenvalue weighted by Crippen LogP contribution is -2.02. The van der Waals surface area contributed by atoms with Crippen molar-refractivity contribution in [3.63, 3.8) is 0 Å². The van der Waals surface area contributed by atoms with E-state index in [1.165, 1.54) is 12.1 Å². The zero-order valence-corrected chi connectivity index (χ0v) is 11.6. The molecule has 0 bridgehead atoms. The summed E-state index contributed by atoms with van der Waals surface area (Å²) in [6.07, 6.45) is 0. The fourth-order valence-corrected chi connectivity index (χ4v) is 1.91. The van der Waals surface area contributed by atoms with Crippen molar-refractivity contribution in [2.75, 3.05) is 11.1 Å². The minimum absolute atomic E-state index is 0.187. The number of nitro groups is 1. The van der Waals surface area contributed by atoms with E-state index in [0.717, 1.165) is 4.47 Å². The second kappa shape index (κ2) is 5.54. The highest BCUT2D eigenvalue weighted by Crippen LogP contribution is 2.26. The first-order valence-corrected chi connectivity index (χ1v) is 6.18. The van der Waals surface area contributed by atoms with Gasteiger partial charge in [-0.1, -0.05) is 15.9 Å². The molecular weight excluding hydrogens is 326 g/mol. The smallest absolute Gasteiger partial charge is 0.311 e. The molecule has 0 aliphatic carbocycles. The van der Waals surface area contributed by atoms with Gasteiger partial charge < -0.3 is 11.1 Å². The number of rotatable bonds is 3. The molecule has 1 aromatic heterocycles. The molecule has 0 aliphatic heterocycles. The third-order valence-electron chi connectivity index (χ3n) is 2.46. The lowest BCUT2D eigenvalue weighted by atomic mass is 10.2. The molecule has 0 saturated carbocycles. The van der Waals surface area contributed by atoms with Crippen molar-refractivity contribution in [1.29, 1.82) is 5.26 Å². The molecule has 0 radical (unpaired) electrons. The number of hydrogen-bond donors (Lipinski definition) is 2. The van der Waals surface area contributed by atoms with Crippen LogP contribution in [0.5, 0.6) is 0 Å². The van der Waals surface area contributed by atoms with Crippen LogP contribution in [-0.4, -0.2) is 9.91 Å². The number of aromatic nitrogens is 1. The van der Waals surface area contributed by atoms with Crippen LogP contribution in [0.1, 0.15) is 5.56 Å². The van der Waals surface area contributed by atoms with Crippen LogP contribution in [0.25, 0.3) is 0 Å². The van der Waals surface area contributed by atoms with Crippen LogP contribution in [0.4, 0.5) is 23.0 Å². The van der Waals surface area contributed by atoms with Gasteiger partial charge in [-0.3, -0.25) is 10.1 Å². The quantitative estimate of drug-likeness (QED) is 0.658. The fraction of sp³-hybridized carbons (Fsp3) is 0. The molecule has 7 nitrogen and oxygen atoms in total. The minimum atomic E-state index is -0.605. The Labute approximate surface area is 122 Å². The Balaban J connectivity index is 2.36. The highest BCUT2D eigenvalue weighted by Gasteiger charge is 2.13. The van der Waals surface area contributed by atoms with Crippen molar-refractivity contribution in [2.45, 2.75) is 0 Å². The van der Waals surface area contributed by atoms with Crippen LogP contribution >= 0.6 is 15.9 Å². The highest BCUT2D eigenvalue weighted by atomic mass is 79.9. The molecule has 2 aromatic rings. The molecule has 0 unspecified atom stereocenters. The summed E-state index contributed by atoms with van der Waals surface area (Å²) in [4.78, 5) is 13.9. The van der Waals surface area contributed by atoms with Crippen molar-refractivity contribution in [3.8, 4) is 6.07 Å². The summed E-state index contributed by atoms with van der Waals surface area (Å²) in [5.74, 6) is 0.135. The van der Waals surface area contributed by atoms with Crippen molar-refractivity contribution in [3.05, 3.63) is 50.5 Å². The Kier molecular flexibility index (Phi) is 3.81. The molecule has 20 heavy (non-hydrogen) atoms. The van der Waals surface area contributed by atoms with E-state index in [4.69, 9.17) is 11.0 Å². The van der Waals surface area contributed by atoms with Gasteiger partial charge in [-0.15, -0.1) is 0 Å². The largest absolute Gasteiger partial charge is 0.378 e. The minimum Gasteiger partial charge on any atom is -0.378 e. The Morgan fingerprint density at radius 2 is 2.15 bits per heavy atom. The van der Waals surface area contributed by atoms with E-state index >= 15 is 0 Å². The van der Waals surface area contributed by atoms with E-state index in [1.54, 1.807) is 18.2 Å². The van der Waals surface area contributed by atoms with Gasteiger partial charge in [-0.2, -0.15) is 5.26 Å². The number of nitrogens with zero attached hydrogens (tertiary/aromatic N) is 3. The monoisotopic (exact) mass is 333 g/mol. The van der Waals surface area contributed by atoms with Crippen molar-refractivity contribution >= 4 is 38.9 Å². The Morgan fingerprint density at radius 1 is 1.40 bits per heavy atom. The summed E-state index contributed by atoms with van der Waals surface area (Å²) in [5.41, 5.74) is 6.20. The molecule has 0 fully saturated rings. The molecule has 1 aromatic carbocycles. The molecule has 0 spiro atoms. The molecular formula is C12H8BrN5O2. The Morgan fingerprint density at radius 3 is 2.75 bits per heavy atom. The predicted molar refractivity (Wildman–Crippen MR) is 77.4 cm³/mol. The number of halogens is 1. The predicted octanol–water partition coefficient (Wildman–Crippen LogP) is 2.95. The normalized spacial score (nSPS) is 9.80. The summed E-state index contributed by atoms with van der Waals surface area (Å²) < 4.78 is 0.786. The van der Waals surface area contributed by atoms with Crippen LogP contribution in [-0.2, 0) is 0 Å². The number of anilines is 3. The molecule has 3 N–H and O–H groups in total. The Hall–Kier alpha value is -2.66. The van der Waals surface area contributed by atoms with Gasteiger partial charge in [-0.25, -0.2) is 4.98 Å². The lowest BCUT2D eigenvalue weighted by molar-refractivity contribution is -0.384. The first kappa shape index (κ1) is 13.8. The first-order valence-electron chi connectivity index (χ1n) is 5.39. The molecule has 0 saturated heterocycles. The molecule has 100 valence electrons. The van der Waals surface area contributed by atoms with Crippen molar-refractivity contribution in [2.24, 2.45) is 0 Å². The zero-order chi connectivity index (χ0) is 14.7. The number of pyridine rings is 1. The van der Waals surface area contributed by atoms with Gasteiger partial charge in [0.2, 0.25) is 5.82 Å². The Bertz CT molecular complexity index is 726. The topological polar surface area (TPSA) is 118 Å². The second-order valence-corrected chi connectivity index (χ2v) is 4.70. The molecule has 1 heterocycles.